The Morgan fingerprint density at radius 2 is 2.00 bits per heavy atom. The van der Waals surface area contributed by atoms with E-state index in [0.29, 0.717) is 22.9 Å². The van der Waals surface area contributed by atoms with Gasteiger partial charge in [0.2, 0.25) is 5.91 Å². The number of thiazole rings is 1. The van der Waals surface area contributed by atoms with Crippen LogP contribution < -0.4 is 10.2 Å². The van der Waals surface area contributed by atoms with Gasteiger partial charge in [0.05, 0.1) is 17.2 Å². The molecule has 1 aromatic heterocycles. The zero-order valence-electron chi connectivity index (χ0n) is 14.7. The Morgan fingerprint density at radius 1 is 1.22 bits per heavy atom. The highest BCUT2D eigenvalue weighted by Crippen LogP contribution is 2.27. The summed E-state index contributed by atoms with van der Waals surface area (Å²) in [6, 6.07) is 16.0. The summed E-state index contributed by atoms with van der Waals surface area (Å²) >= 11 is 1.29. The maximum absolute atomic E-state index is 12.4. The van der Waals surface area contributed by atoms with Crippen molar-refractivity contribution in [2.75, 3.05) is 23.3 Å². The Balaban J connectivity index is 1.67. The number of amides is 1. The highest BCUT2D eigenvalue weighted by molar-refractivity contribution is 7.14. The first kappa shape index (κ1) is 18.5. The summed E-state index contributed by atoms with van der Waals surface area (Å²) in [6.45, 7) is 2.91. The number of hydrogen-bond donors (Lipinski definition) is 1. The van der Waals surface area contributed by atoms with Gasteiger partial charge in [0.25, 0.3) is 5.69 Å². The lowest BCUT2D eigenvalue weighted by Gasteiger charge is -2.21. The SMILES string of the molecule is CCN(CC(=O)Nc1nc(-c2cccc([N+](=O)[O-])c2)cs1)c1ccccc1. The van der Waals surface area contributed by atoms with Crippen LogP contribution in [-0.4, -0.2) is 28.9 Å². The van der Waals surface area contributed by atoms with Gasteiger partial charge in [0, 0.05) is 35.3 Å². The molecule has 7 nitrogen and oxygen atoms in total. The number of nitrogens with zero attached hydrogens (tertiary/aromatic N) is 3. The second-order valence-electron chi connectivity index (χ2n) is 5.74. The van der Waals surface area contributed by atoms with Gasteiger partial charge in [-0.05, 0) is 19.1 Å². The molecule has 1 amide bonds. The van der Waals surface area contributed by atoms with Crippen LogP contribution in [0.5, 0.6) is 0 Å². The predicted octanol–water partition coefficient (Wildman–Crippen LogP) is 4.18. The third-order valence-electron chi connectivity index (χ3n) is 3.94. The van der Waals surface area contributed by atoms with Gasteiger partial charge in [0.1, 0.15) is 0 Å². The fraction of sp³-hybridized carbons (Fsp3) is 0.158. The van der Waals surface area contributed by atoms with Crippen LogP contribution in [0.15, 0.2) is 60.0 Å². The topological polar surface area (TPSA) is 88.4 Å². The Hall–Kier alpha value is -3.26. The van der Waals surface area contributed by atoms with Crippen molar-refractivity contribution in [1.29, 1.82) is 0 Å². The quantitative estimate of drug-likeness (QED) is 0.489. The molecule has 3 rings (SSSR count). The van der Waals surface area contributed by atoms with Gasteiger partial charge in [-0.2, -0.15) is 0 Å². The molecule has 0 unspecified atom stereocenters. The van der Waals surface area contributed by atoms with E-state index in [0.717, 1.165) is 5.69 Å². The zero-order valence-corrected chi connectivity index (χ0v) is 15.5. The van der Waals surface area contributed by atoms with Crippen molar-refractivity contribution in [3.8, 4) is 11.3 Å². The molecule has 1 heterocycles. The molecule has 0 radical (unpaired) electrons. The third-order valence-corrected chi connectivity index (χ3v) is 4.70. The number of hydrogen-bond acceptors (Lipinski definition) is 6. The number of anilines is 2. The molecule has 0 atom stereocenters. The molecule has 27 heavy (non-hydrogen) atoms. The molecule has 2 aromatic carbocycles. The average Bonchev–Trinajstić information content (AvgIpc) is 3.15. The Bertz CT molecular complexity index is 943. The average molecular weight is 382 g/mol. The van der Waals surface area contributed by atoms with E-state index in [1.807, 2.05) is 42.2 Å². The first-order valence-electron chi connectivity index (χ1n) is 8.37. The fourth-order valence-corrected chi connectivity index (χ4v) is 3.34. The van der Waals surface area contributed by atoms with E-state index < -0.39 is 4.92 Å². The van der Waals surface area contributed by atoms with Gasteiger partial charge in [-0.3, -0.25) is 14.9 Å². The number of carbonyl (C=O) groups excluding carboxylic acids is 1. The monoisotopic (exact) mass is 382 g/mol. The minimum atomic E-state index is -0.443. The molecule has 8 heteroatoms. The van der Waals surface area contributed by atoms with Gasteiger partial charge in [-0.25, -0.2) is 4.98 Å². The Labute approximate surface area is 160 Å². The maximum Gasteiger partial charge on any atom is 0.270 e. The molecule has 0 aliphatic rings. The van der Waals surface area contributed by atoms with E-state index >= 15 is 0 Å². The van der Waals surface area contributed by atoms with Crippen LogP contribution in [0.2, 0.25) is 0 Å². The smallest absolute Gasteiger partial charge is 0.270 e. The second kappa shape index (κ2) is 8.41. The number of likely N-dealkylation sites (N-methyl/N-ethyl adjacent to an activating group) is 1. The molecule has 0 aliphatic carbocycles. The second-order valence-corrected chi connectivity index (χ2v) is 6.60. The molecule has 0 fully saturated rings. The van der Waals surface area contributed by atoms with Crippen molar-refractivity contribution < 1.29 is 9.72 Å². The largest absolute Gasteiger partial charge is 0.362 e. The molecule has 0 aliphatic heterocycles. The molecule has 0 bridgehead atoms. The van der Waals surface area contributed by atoms with Crippen molar-refractivity contribution in [3.63, 3.8) is 0 Å². The summed E-state index contributed by atoms with van der Waals surface area (Å²) in [5.41, 5.74) is 2.22. The number of benzene rings is 2. The number of nitro groups is 1. The third kappa shape index (κ3) is 4.68. The molecular weight excluding hydrogens is 364 g/mol. The minimum Gasteiger partial charge on any atom is -0.362 e. The van der Waals surface area contributed by atoms with E-state index in [1.54, 1.807) is 17.5 Å². The molecule has 0 saturated carbocycles. The maximum atomic E-state index is 12.4. The fourth-order valence-electron chi connectivity index (χ4n) is 2.60. The lowest BCUT2D eigenvalue weighted by Crippen LogP contribution is -2.33. The summed E-state index contributed by atoms with van der Waals surface area (Å²) in [5.74, 6) is -0.166. The highest BCUT2D eigenvalue weighted by atomic mass is 32.1. The van der Waals surface area contributed by atoms with E-state index in [2.05, 4.69) is 10.3 Å². The van der Waals surface area contributed by atoms with E-state index in [1.165, 1.54) is 23.5 Å². The number of nitrogens with one attached hydrogen (secondary N) is 1. The predicted molar refractivity (Wildman–Crippen MR) is 107 cm³/mol. The number of para-hydroxylation sites is 1. The first-order valence-corrected chi connectivity index (χ1v) is 9.25. The van der Waals surface area contributed by atoms with Crippen LogP contribution in [0.4, 0.5) is 16.5 Å². The van der Waals surface area contributed by atoms with Crippen molar-refractivity contribution in [2.24, 2.45) is 0 Å². The molecule has 0 saturated heterocycles. The van der Waals surface area contributed by atoms with Crippen LogP contribution >= 0.6 is 11.3 Å². The van der Waals surface area contributed by atoms with Crippen molar-refractivity contribution >= 4 is 33.8 Å². The van der Waals surface area contributed by atoms with E-state index in [-0.39, 0.29) is 18.1 Å². The van der Waals surface area contributed by atoms with Crippen LogP contribution in [0.3, 0.4) is 0 Å². The van der Waals surface area contributed by atoms with Gasteiger partial charge in [-0.15, -0.1) is 11.3 Å². The Kier molecular flexibility index (Phi) is 5.77. The minimum absolute atomic E-state index is 0.00698. The van der Waals surface area contributed by atoms with Crippen LogP contribution in [0.25, 0.3) is 11.3 Å². The van der Waals surface area contributed by atoms with Gasteiger partial charge < -0.3 is 10.2 Å². The summed E-state index contributed by atoms with van der Waals surface area (Å²) in [5, 5.41) is 15.9. The molecular formula is C19H18N4O3S. The number of rotatable bonds is 7. The first-order chi connectivity index (χ1) is 13.1. The lowest BCUT2D eigenvalue weighted by atomic mass is 10.1. The van der Waals surface area contributed by atoms with Crippen LogP contribution in [0, 0.1) is 10.1 Å². The van der Waals surface area contributed by atoms with Crippen molar-refractivity contribution in [3.05, 3.63) is 70.1 Å². The van der Waals surface area contributed by atoms with Crippen molar-refractivity contribution in [1.82, 2.24) is 4.98 Å². The van der Waals surface area contributed by atoms with Gasteiger partial charge >= 0.3 is 0 Å². The standard InChI is InChI=1S/C19H18N4O3S/c1-2-22(15-8-4-3-5-9-15)12-18(24)21-19-20-17(13-27-19)14-7-6-10-16(11-14)23(25)26/h3-11,13H,2,12H2,1H3,(H,20,21,24). The number of carbonyl (C=O) groups is 1. The van der Waals surface area contributed by atoms with Crippen LogP contribution in [0.1, 0.15) is 6.92 Å². The van der Waals surface area contributed by atoms with Gasteiger partial charge in [-0.1, -0.05) is 30.3 Å². The van der Waals surface area contributed by atoms with E-state index in [9.17, 15) is 14.9 Å². The highest BCUT2D eigenvalue weighted by Gasteiger charge is 2.13. The molecule has 0 spiro atoms. The molecule has 1 N–H and O–H groups in total. The van der Waals surface area contributed by atoms with Crippen molar-refractivity contribution in [2.45, 2.75) is 6.92 Å². The summed E-state index contributed by atoms with van der Waals surface area (Å²) < 4.78 is 0. The normalized spacial score (nSPS) is 10.4. The molecule has 138 valence electrons. The number of nitro benzene ring substituents is 1. The zero-order chi connectivity index (χ0) is 19.2. The van der Waals surface area contributed by atoms with Crippen LogP contribution in [-0.2, 0) is 4.79 Å². The molecule has 3 aromatic rings. The lowest BCUT2D eigenvalue weighted by molar-refractivity contribution is -0.384. The van der Waals surface area contributed by atoms with Gasteiger partial charge in [0.15, 0.2) is 5.13 Å². The summed E-state index contributed by atoms with van der Waals surface area (Å²) in [6.07, 6.45) is 0. The summed E-state index contributed by atoms with van der Waals surface area (Å²) in [4.78, 5) is 29.2. The number of non-ortho nitro benzene ring substituents is 1. The van der Waals surface area contributed by atoms with E-state index in [4.69, 9.17) is 0 Å². The Morgan fingerprint density at radius 3 is 2.70 bits per heavy atom. The number of aromatic nitrogens is 1. The summed E-state index contributed by atoms with van der Waals surface area (Å²) in [7, 11) is 0.